The molecule has 0 aromatic heterocycles. The third-order valence-corrected chi connectivity index (χ3v) is 5.60. The highest BCUT2D eigenvalue weighted by atomic mass is 79.9. The molecule has 1 N–H and O–H groups in total. The van der Waals surface area contributed by atoms with E-state index in [1.165, 1.54) is 0 Å². The van der Waals surface area contributed by atoms with E-state index < -0.39 is 10.0 Å². The molecule has 0 heterocycles. The molecule has 3 rings (SSSR count). The molecule has 0 saturated carbocycles. The molecule has 3 aromatic rings. The maximum absolute atomic E-state index is 12.4. The monoisotopic (exact) mass is 401 g/mol. The second kappa shape index (κ2) is 7.30. The van der Waals surface area contributed by atoms with Crippen molar-refractivity contribution in [2.24, 2.45) is 0 Å². The van der Waals surface area contributed by atoms with Crippen molar-refractivity contribution in [2.45, 2.75) is 11.4 Å². The Balaban J connectivity index is 1.74. The summed E-state index contributed by atoms with van der Waals surface area (Å²) in [6.45, 7) is 0.260. The van der Waals surface area contributed by atoms with Crippen LogP contribution in [-0.2, 0) is 16.6 Å². The van der Waals surface area contributed by atoms with Crippen LogP contribution in [0.15, 0.2) is 88.2 Å². The van der Waals surface area contributed by atoms with Crippen LogP contribution in [0.3, 0.4) is 0 Å². The lowest BCUT2D eigenvalue weighted by atomic mass is 10.1. The molecule has 0 fully saturated rings. The second-order valence-corrected chi connectivity index (χ2v) is 8.02. The van der Waals surface area contributed by atoms with E-state index in [1.54, 1.807) is 12.1 Å². The summed E-state index contributed by atoms with van der Waals surface area (Å²) in [6, 6.07) is 24.3. The first kappa shape index (κ1) is 16.9. The maximum atomic E-state index is 12.4. The van der Waals surface area contributed by atoms with Crippen molar-refractivity contribution in [3.63, 3.8) is 0 Å². The van der Waals surface area contributed by atoms with Crippen molar-refractivity contribution in [2.75, 3.05) is 0 Å². The fourth-order valence-electron chi connectivity index (χ4n) is 2.32. The molecule has 0 aliphatic carbocycles. The van der Waals surface area contributed by atoms with E-state index in [4.69, 9.17) is 0 Å². The zero-order valence-corrected chi connectivity index (χ0v) is 15.2. The lowest BCUT2D eigenvalue weighted by Gasteiger charge is -2.08. The van der Waals surface area contributed by atoms with Gasteiger partial charge in [-0.05, 0) is 41.0 Å². The van der Waals surface area contributed by atoms with Crippen LogP contribution in [0.25, 0.3) is 11.1 Å². The Bertz CT molecular complexity index is 906. The van der Waals surface area contributed by atoms with E-state index in [0.29, 0.717) is 0 Å². The van der Waals surface area contributed by atoms with Gasteiger partial charge in [-0.25, -0.2) is 13.1 Å². The molecule has 0 amide bonds. The Labute approximate surface area is 150 Å². The van der Waals surface area contributed by atoms with Gasteiger partial charge in [0.25, 0.3) is 0 Å². The van der Waals surface area contributed by atoms with Crippen LogP contribution in [0.2, 0.25) is 0 Å². The number of nitrogens with one attached hydrogen (secondary N) is 1. The van der Waals surface area contributed by atoms with E-state index in [-0.39, 0.29) is 11.4 Å². The molecule has 3 nitrogen and oxygen atoms in total. The summed E-state index contributed by atoms with van der Waals surface area (Å²) in [5.41, 5.74) is 2.95. The average Bonchev–Trinajstić information content (AvgIpc) is 2.62. The Morgan fingerprint density at radius 2 is 1.33 bits per heavy atom. The van der Waals surface area contributed by atoms with Gasteiger partial charge in [-0.1, -0.05) is 70.5 Å². The van der Waals surface area contributed by atoms with Gasteiger partial charge in [0.05, 0.1) is 4.90 Å². The lowest BCUT2D eigenvalue weighted by molar-refractivity contribution is 0.581. The number of halogens is 1. The summed E-state index contributed by atoms with van der Waals surface area (Å²) in [6.07, 6.45) is 0. The van der Waals surface area contributed by atoms with Crippen LogP contribution in [0.4, 0.5) is 0 Å². The smallest absolute Gasteiger partial charge is 0.207 e. The first-order chi connectivity index (χ1) is 11.5. The molecule has 0 atom stereocenters. The molecule has 24 heavy (non-hydrogen) atoms. The maximum Gasteiger partial charge on any atom is 0.240 e. The van der Waals surface area contributed by atoms with Gasteiger partial charge >= 0.3 is 0 Å². The number of benzene rings is 3. The van der Waals surface area contributed by atoms with Gasteiger partial charge in [-0.2, -0.15) is 0 Å². The molecular formula is C19H16BrNO2S. The minimum absolute atomic E-state index is 0.260. The Morgan fingerprint density at radius 1 is 0.750 bits per heavy atom. The molecule has 0 saturated heterocycles. The van der Waals surface area contributed by atoms with Crippen molar-refractivity contribution in [3.8, 4) is 11.1 Å². The first-order valence-corrected chi connectivity index (χ1v) is 9.72. The third-order valence-electron chi connectivity index (χ3n) is 3.65. The van der Waals surface area contributed by atoms with Crippen molar-refractivity contribution in [3.05, 3.63) is 88.9 Å². The van der Waals surface area contributed by atoms with Gasteiger partial charge in [0, 0.05) is 11.0 Å². The van der Waals surface area contributed by atoms with Crippen LogP contribution >= 0.6 is 15.9 Å². The number of sulfonamides is 1. The molecular weight excluding hydrogens is 386 g/mol. The first-order valence-electron chi connectivity index (χ1n) is 7.44. The summed E-state index contributed by atoms with van der Waals surface area (Å²) in [7, 11) is -3.53. The summed E-state index contributed by atoms with van der Waals surface area (Å²) in [5, 5.41) is 0. The standard InChI is InChI=1S/C19H16BrNO2S/c20-18-10-6-15(7-11-18)14-21-24(22,23)19-12-8-17(9-13-19)16-4-2-1-3-5-16/h1-13,21H,14H2. The van der Waals surface area contributed by atoms with Gasteiger partial charge in [0.1, 0.15) is 0 Å². The molecule has 5 heteroatoms. The number of hydrogen-bond donors (Lipinski definition) is 1. The van der Waals surface area contributed by atoms with E-state index in [0.717, 1.165) is 21.2 Å². The molecule has 0 radical (unpaired) electrons. The van der Waals surface area contributed by atoms with Gasteiger partial charge in [0.2, 0.25) is 10.0 Å². The predicted octanol–water partition coefficient (Wildman–Crippen LogP) is 4.59. The summed E-state index contributed by atoms with van der Waals surface area (Å²) >= 11 is 3.36. The van der Waals surface area contributed by atoms with E-state index in [9.17, 15) is 8.42 Å². The van der Waals surface area contributed by atoms with Crippen molar-refractivity contribution < 1.29 is 8.42 Å². The van der Waals surface area contributed by atoms with Crippen molar-refractivity contribution >= 4 is 26.0 Å². The summed E-state index contributed by atoms with van der Waals surface area (Å²) in [5.74, 6) is 0. The minimum atomic E-state index is -3.53. The van der Waals surface area contributed by atoms with Crippen LogP contribution in [-0.4, -0.2) is 8.42 Å². The van der Waals surface area contributed by atoms with E-state index in [1.807, 2.05) is 66.7 Å². The van der Waals surface area contributed by atoms with Gasteiger partial charge in [-0.3, -0.25) is 0 Å². The summed E-state index contributed by atoms with van der Waals surface area (Å²) in [4.78, 5) is 0.263. The topological polar surface area (TPSA) is 46.2 Å². The fraction of sp³-hybridized carbons (Fsp3) is 0.0526. The molecule has 0 bridgehead atoms. The largest absolute Gasteiger partial charge is 0.240 e. The van der Waals surface area contributed by atoms with Crippen molar-refractivity contribution in [1.29, 1.82) is 0 Å². The van der Waals surface area contributed by atoms with Crippen LogP contribution < -0.4 is 4.72 Å². The minimum Gasteiger partial charge on any atom is -0.207 e. The highest BCUT2D eigenvalue weighted by Crippen LogP contribution is 2.21. The normalized spacial score (nSPS) is 11.4. The number of hydrogen-bond acceptors (Lipinski definition) is 2. The summed E-state index contributed by atoms with van der Waals surface area (Å²) < 4.78 is 28.4. The molecule has 0 unspecified atom stereocenters. The Kier molecular flexibility index (Phi) is 5.14. The molecule has 3 aromatic carbocycles. The fourth-order valence-corrected chi connectivity index (χ4v) is 3.60. The lowest BCUT2D eigenvalue weighted by Crippen LogP contribution is -2.23. The van der Waals surface area contributed by atoms with E-state index >= 15 is 0 Å². The van der Waals surface area contributed by atoms with Crippen LogP contribution in [0.1, 0.15) is 5.56 Å². The Hall–Kier alpha value is -1.95. The number of rotatable bonds is 5. The quantitative estimate of drug-likeness (QED) is 0.678. The molecule has 0 aliphatic rings. The SMILES string of the molecule is O=S(=O)(NCc1ccc(Br)cc1)c1ccc(-c2ccccc2)cc1. The van der Waals surface area contributed by atoms with Crippen molar-refractivity contribution in [1.82, 2.24) is 4.72 Å². The highest BCUT2D eigenvalue weighted by Gasteiger charge is 2.13. The average molecular weight is 402 g/mol. The molecule has 122 valence electrons. The Morgan fingerprint density at radius 3 is 1.96 bits per heavy atom. The zero-order valence-electron chi connectivity index (χ0n) is 12.8. The van der Waals surface area contributed by atoms with Gasteiger partial charge in [0.15, 0.2) is 0 Å². The molecule has 0 aliphatic heterocycles. The predicted molar refractivity (Wildman–Crippen MR) is 100 cm³/mol. The van der Waals surface area contributed by atoms with Gasteiger partial charge in [-0.15, -0.1) is 0 Å². The third kappa shape index (κ3) is 4.12. The zero-order chi connectivity index (χ0) is 17.0. The van der Waals surface area contributed by atoms with Crippen LogP contribution in [0, 0.1) is 0 Å². The van der Waals surface area contributed by atoms with Gasteiger partial charge < -0.3 is 0 Å². The van der Waals surface area contributed by atoms with E-state index in [2.05, 4.69) is 20.7 Å². The second-order valence-electron chi connectivity index (χ2n) is 5.34. The highest BCUT2D eigenvalue weighted by molar-refractivity contribution is 9.10. The van der Waals surface area contributed by atoms with Crippen LogP contribution in [0.5, 0.6) is 0 Å². The molecule has 0 spiro atoms.